The fraction of sp³-hybridized carbons (Fsp3) is 0.0714. The molecule has 0 aliphatic heterocycles. The fourth-order valence-electron chi connectivity index (χ4n) is 1.98. The van der Waals surface area contributed by atoms with Crippen molar-refractivity contribution in [3.8, 4) is 11.3 Å². The molecule has 0 saturated heterocycles. The number of carbonyl (C=O) groups is 1. The maximum atomic E-state index is 11.0. The molecule has 0 bridgehead atoms. The van der Waals surface area contributed by atoms with Gasteiger partial charge in [0, 0.05) is 18.2 Å². The first kappa shape index (κ1) is 12.6. The molecular formula is C14H11ClN4O. The second kappa shape index (κ2) is 4.94. The van der Waals surface area contributed by atoms with Crippen LogP contribution in [0.25, 0.3) is 16.9 Å². The highest BCUT2D eigenvalue weighted by atomic mass is 35.5. The molecule has 0 fully saturated rings. The number of imidazole rings is 1. The summed E-state index contributed by atoms with van der Waals surface area (Å²) in [6.45, 7) is 1.48. The summed E-state index contributed by atoms with van der Waals surface area (Å²) in [5, 5.41) is 7.37. The van der Waals surface area contributed by atoms with Crippen molar-refractivity contribution in [3.63, 3.8) is 0 Å². The van der Waals surface area contributed by atoms with Crippen LogP contribution in [0.3, 0.4) is 0 Å². The Hall–Kier alpha value is -2.40. The number of rotatable bonds is 2. The molecule has 0 aliphatic rings. The molecule has 0 radical (unpaired) electrons. The fourth-order valence-corrected chi connectivity index (χ4v) is 2.11. The van der Waals surface area contributed by atoms with Gasteiger partial charge in [0.25, 0.3) is 0 Å². The SMILES string of the molecule is CC(=O)Nc1ccc(-c2cnc3ccc(Cl)nn23)cc1. The van der Waals surface area contributed by atoms with E-state index >= 15 is 0 Å². The minimum atomic E-state index is -0.0963. The van der Waals surface area contributed by atoms with Gasteiger partial charge in [-0.05, 0) is 24.3 Å². The lowest BCUT2D eigenvalue weighted by atomic mass is 10.1. The van der Waals surface area contributed by atoms with Gasteiger partial charge in [-0.25, -0.2) is 9.50 Å². The molecule has 6 heteroatoms. The standard InChI is InChI=1S/C14H11ClN4O/c1-9(20)17-11-4-2-10(3-5-11)12-8-16-14-7-6-13(15)18-19(12)14/h2-8H,1H3,(H,17,20). The molecule has 0 saturated carbocycles. The largest absolute Gasteiger partial charge is 0.326 e. The van der Waals surface area contributed by atoms with E-state index in [-0.39, 0.29) is 5.91 Å². The van der Waals surface area contributed by atoms with Crippen molar-refractivity contribution in [2.75, 3.05) is 5.32 Å². The summed E-state index contributed by atoms with van der Waals surface area (Å²) < 4.78 is 1.69. The number of aromatic nitrogens is 3. The molecule has 0 aliphatic carbocycles. The number of carbonyl (C=O) groups excluding carboxylic acids is 1. The van der Waals surface area contributed by atoms with Crippen LogP contribution in [0, 0.1) is 0 Å². The Labute approximate surface area is 120 Å². The van der Waals surface area contributed by atoms with Gasteiger partial charge in [-0.1, -0.05) is 23.7 Å². The Kier molecular flexibility index (Phi) is 3.12. The van der Waals surface area contributed by atoms with Crippen LogP contribution < -0.4 is 5.32 Å². The van der Waals surface area contributed by atoms with Crippen molar-refractivity contribution < 1.29 is 4.79 Å². The predicted molar refractivity (Wildman–Crippen MR) is 77.7 cm³/mol. The number of hydrogen-bond acceptors (Lipinski definition) is 3. The van der Waals surface area contributed by atoms with Gasteiger partial charge in [0.1, 0.15) is 5.15 Å². The van der Waals surface area contributed by atoms with E-state index in [0.29, 0.717) is 5.15 Å². The summed E-state index contributed by atoms with van der Waals surface area (Å²) >= 11 is 5.91. The van der Waals surface area contributed by atoms with Gasteiger partial charge in [0.15, 0.2) is 5.65 Å². The summed E-state index contributed by atoms with van der Waals surface area (Å²) in [6, 6.07) is 11.0. The highest BCUT2D eigenvalue weighted by Gasteiger charge is 2.07. The maximum Gasteiger partial charge on any atom is 0.221 e. The Morgan fingerprint density at radius 2 is 1.95 bits per heavy atom. The Balaban J connectivity index is 2.02. The number of anilines is 1. The normalized spacial score (nSPS) is 10.7. The molecule has 20 heavy (non-hydrogen) atoms. The molecular weight excluding hydrogens is 276 g/mol. The summed E-state index contributed by atoms with van der Waals surface area (Å²) in [4.78, 5) is 15.3. The zero-order valence-corrected chi connectivity index (χ0v) is 11.4. The van der Waals surface area contributed by atoms with Gasteiger partial charge in [0.05, 0.1) is 11.9 Å². The van der Waals surface area contributed by atoms with Gasteiger partial charge in [-0.2, -0.15) is 5.10 Å². The lowest BCUT2D eigenvalue weighted by Gasteiger charge is -2.04. The number of nitrogens with one attached hydrogen (secondary N) is 1. The zero-order valence-electron chi connectivity index (χ0n) is 10.7. The first-order valence-electron chi connectivity index (χ1n) is 6.02. The number of hydrogen-bond donors (Lipinski definition) is 1. The van der Waals surface area contributed by atoms with Crippen LogP contribution in [0.4, 0.5) is 5.69 Å². The van der Waals surface area contributed by atoms with Gasteiger partial charge in [-0.3, -0.25) is 4.79 Å². The van der Waals surface area contributed by atoms with E-state index in [1.54, 1.807) is 16.8 Å². The summed E-state index contributed by atoms with van der Waals surface area (Å²) in [5.41, 5.74) is 3.27. The third-order valence-corrected chi connectivity index (χ3v) is 3.03. The maximum absolute atomic E-state index is 11.0. The summed E-state index contributed by atoms with van der Waals surface area (Å²) in [5.74, 6) is -0.0963. The van der Waals surface area contributed by atoms with Gasteiger partial charge in [0.2, 0.25) is 5.91 Å². The van der Waals surface area contributed by atoms with E-state index in [0.717, 1.165) is 22.6 Å². The molecule has 100 valence electrons. The average molecular weight is 287 g/mol. The summed E-state index contributed by atoms with van der Waals surface area (Å²) in [7, 11) is 0. The van der Waals surface area contributed by atoms with Crippen molar-refractivity contribution in [2.45, 2.75) is 6.92 Å². The molecule has 0 atom stereocenters. The quantitative estimate of drug-likeness (QED) is 0.788. The molecule has 3 aromatic rings. The molecule has 5 nitrogen and oxygen atoms in total. The van der Waals surface area contributed by atoms with E-state index in [2.05, 4.69) is 15.4 Å². The topological polar surface area (TPSA) is 59.3 Å². The molecule has 3 rings (SSSR count). The van der Waals surface area contributed by atoms with Gasteiger partial charge in [-0.15, -0.1) is 0 Å². The lowest BCUT2D eigenvalue weighted by Crippen LogP contribution is -2.05. The Morgan fingerprint density at radius 1 is 1.20 bits per heavy atom. The molecule has 0 spiro atoms. The zero-order chi connectivity index (χ0) is 14.1. The highest BCUT2D eigenvalue weighted by Crippen LogP contribution is 2.22. The van der Waals surface area contributed by atoms with E-state index in [1.165, 1.54) is 6.92 Å². The van der Waals surface area contributed by atoms with E-state index in [4.69, 9.17) is 11.6 Å². The minimum Gasteiger partial charge on any atom is -0.326 e. The molecule has 1 N–H and O–H groups in total. The van der Waals surface area contributed by atoms with Gasteiger partial charge >= 0.3 is 0 Å². The first-order chi connectivity index (χ1) is 9.63. The van der Waals surface area contributed by atoms with Crippen molar-refractivity contribution in [1.29, 1.82) is 0 Å². The number of amides is 1. The molecule has 0 unspecified atom stereocenters. The second-order valence-corrected chi connectivity index (χ2v) is 4.72. The highest BCUT2D eigenvalue weighted by molar-refractivity contribution is 6.29. The minimum absolute atomic E-state index is 0.0963. The average Bonchev–Trinajstić information content (AvgIpc) is 2.82. The molecule has 1 amide bonds. The van der Waals surface area contributed by atoms with Crippen molar-refractivity contribution in [1.82, 2.24) is 14.6 Å². The molecule has 2 heterocycles. The number of halogens is 1. The first-order valence-corrected chi connectivity index (χ1v) is 6.39. The van der Waals surface area contributed by atoms with Crippen LogP contribution in [0.2, 0.25) is 5.15 Å². The number of benzene rings is 1. The van der Waals surface area contributed by atoms with Crippen LogP contribution in [0.1, 0.15) is 6.92 Å². The van der Waals surface area contributed by atoms with Gasteiger partial charge < -0.3 is 5.32 Å². The van der Waals surface area contributed by atoms with E-state index in [1.807, 2.05) is 30.3 Å². The second-order valence-electron chi connectivity index (χ2n) is 4.33. The van der Waals surface area contributed by atoms with Crippen LogP contribution >= 0.6 is 11.6 Å². The van der Waals surface area contributed by atoms with Crippen LogP contribution in [0.5, 0.6) is 0 Å². The Bertz CT molecular complexity index is 779. The van der Waals surface area contributed by atoms with E-state index < -0.39 is 0 Å². The summed E-state index contributed by atoms with van der Waals surface area (Å²) in [6.07, 6.45) is 1.74. The van der Waals surface area contributed by atoms with Crippen LogP contribution in [-0.2, 0) is 4.79 Å². The third kappa shape index (κ3) is 2.35. The van der Waals surface area contributed by atoms with Crippen molar-refractivity contribution in [2.24, 2.45) is 0 Å². The number of fused-ring (bicyclic) bond motifs is 1. The van der Waals surface area contributed by atoms with Crippen LogP contribution in [0.15, 0.2) is 42.6 Å². The number of nitrogens with zero attached hydrogens (tertiary/aromatic N) is 3. The van der Waals surface area contributed by atoms with E-state index in [9.17, 15) is 4.79 Å². The molecule has 1 aromatic carbocycles. The lowest BCUT2D eigenvalue weighted by molar-refractivity contribution is -0.114. The van der Waals surface area contributed by atoms with Crippen LogP contribution in [-0.4, -0.2) is 20.5 Å². The monoisotopic (exact) mass is 286 g/mol. The van der Waals surface area contributed by atoms with Crippen molar-refractivity contribution in [3.05, 3.63) is 47.7 Å². The smallest absolute Gasteiger partial charge is 0.221 e. The molecule has 2 aromatic heterocycles. The predicted octanol–water partition coefficient (Wildman–Crippen LogP) is 3.01. The Morgan fingerprint density at radius 3 is 2.65 bits per heavy atom. The third-order valence-electron chi connectivity index (χ3n) is 2.83. The van der Waals surface area contributed by atoms with Crippen molar-refractivity contribution >= 4 is 28.8 Å².